The van der Waals surface area contributed by atoms with Gasteiger partial charge in [0.25, 0.3) is 5.91 Å². The second-order valence-electron chi connectivity index (χ2n) is 5.85. The third-order valence-corrected chi connectivity index (χ3v) is 4.03. The van der Waals surface area contributed by atoms with Gasteiger partial charge in [0.1, 0.15) is 12.4 Å². The van der Waals surface area contributed by atoms with E-state index in [4.69, 9.17) is 9.47 Å². The zero-order valence-electron chi connectivity index (χ0n) is 14.5. The average molecular weight is 342 g/mol. The summed E-state index contributed by atoms with van der Waals surface area (Å²) in [6.07, 6.45) is 1.60. The van der Waals surface area contributed by atoms with Crippen LogP contribution in [0.25, 0.3) is 0 Å². The first kappa shape index (κ1) is 17.3. The lowest BCUT2D eigenvalue weighted by atomic mass is 10.1. The van der Waals surface area contributed by atoms with Crippen LogP contribution in [0.1, 0.15) is 21.7 Å². The van der Waals surface area contributed by atoms with Crippen molar-refractivity contribution < 1.29 is 14.3 Å². The van der Waals surface area contributed by atoms with E-state index < -0.39 is 0 Å². The van der Waals surface area contributed by atoms with E-state index in [9.17, 15) is 4.79 Å². The van der Waals surface area contributed by atoms with Gasteiger partial charge in [0.2, 0.25) is 0 Å². The van der Waals surface area contributed by atoms with Crippen molar-refractivity contribution in [1.29, 1.82) is 0 Å². The normalized spacial score (nSPS) is 14.4. The molecule has 2 heterocycles. The molecule has 0 saturated carbocycles. The van der Waals surface area contributed by atoms with Crippen molar-refractivity contribution >= 4 is 17.4 Å². The van der Waals surface area contributed by atoms with Crippen molar-refractivity contribution in [3.05, 3.63) is 47.4 Å². The summed E-state index contributed by atoms with van der Waals surface area (Å²) in [5.74, 6) is 0.791. The fourth-order valence-electron chi connectivity index (χ4n) is 2.81. The molecule has 0 spiro atoms. The van der Waals surface area contributed by atoms with Crippen molar-refractivity contribution in [2.24, 2.45) is 0 Å². The molecule has 0 unspecified atom stereocenters. The average Bonchev–Trinajstić information content (AvgIpc) is 2.63. The highest BCUT2D eigenvalue weighted by Gasteiger charge is 2.15. The van der Waals surface area contributed by atoms with E-state index >= 15 is 0 Å². The highest BCUT2D eigenvalue weighted by Crippen LogP contribution is 2.22. The Balaban J connectivity index is 1.72. The number of rotatable bonds is 5. The molecule has 7 nitrogen and oxygen atoms in total. The minimum Gasteiger partial charge on any atom is -0.378 e. The lowest BCUT2D eigenvalue weighted by molar-refractivity contribution is 0.102. The van der Waals surface area contributed by atoms with Crippen LogP contribution in [0.3, 0.4) is 0 Å². The van der Waals surface area contributed by atoms with Crippen LogP contribution in [0.4, 0.5) is 11.5 Å². The Kier molecular flexibility index (Phi) is 5.57. The summed E-state index contributed by atoms with van der Waals surface area (Å²) in [4.78, 5) is 23.1. The number of nitrogens with one attached hydrogen (secondary N) is 1. The zero-order valence-corrected chi connectivity index (χ0v) is 14.5. The van der Waals surface area contributed by atoms with Crippen LogP contribution in [0, 0.1) is 6.92 Å². The van der Waals surface area contributed by atoms with Gasteiger partial charge >= 0.3 is 0 Å². The van der Waals surface area contributed by atoms with Crippen LogP contribution in [-0.2, 0) is 16.1 Å². The number of ether oxygens (including phenoxy) is 2. The van der Waals surface area contributed by atoms with Gasteiger partial charge in [0, 0.05) is 37.6 Å². The molecule has 1 aromatic heterocycles. The highest BCUT2D eigenvalue weighted by atomic mass is 16.5. The summed E-state index contributed by atoms with van der Waals surface area (Å²) in [5, 5.41) is 2.80. The maximum atomic E-state index is 12.5. The zero-order chi connectivity index (χ0) is 17.6. The van der Waals surface area contributed by atoms with Gasteiger partial charge in [0.15, 0.2) is 5.82 Å². The van der Waals surface area contributed by atoms with Crippen molar-refractivity contribution in [2.75, 3.05) is 43.6 Å². The van der Waals surface area contributed by atoms with E-state index in [0.717, 1.165) is 37.6 Å². The van der Waals surface area contributed by atoms with E-state index in [1.807, 2.05) is 25.1 Å². The molecule has 1 saturated heterocycles. The van der Waals surface area contributed by atoms with Gasteiger partial charge < -0.3 is 19.7 Å². The first-order valence-electron chi connectivity index (χ1n) is 8.23. The van der Waals surface area contributed by atoms with Crippen LogP contribution >= 0.6 is 0 Å². The van der Waals surface area contributed by atoms with Gasteiger partial charge in [-0.3, -0.25) is 4.79 Å². The molecule has 1 N–H and O–H groups in total. The molecule has 1 aromatic carbocycles. The SMILES string of the molecule is COCc1nccc(NC(=O)c2ccc(N3CCOCC3)c(C)c2)n1. The Labute approximate surface area is 147 Å². The lowest BCUT2D eigenvalue weighted by Crippen LogP contribution is -2.36. The molecule has 0 radical (unpaired) electrons. The van der Waals surface area contributed by atoms with Crippen LogP contribution in [0.2, 0.25) is 0 Å². The summed E-state index contributed by atoms with van der Waals surface area (Å²) in [7, 11) is 1.58. The van der Waals surface area contributed by atoms with Crippen molar-refractivity contribution in [1.82, 2.24) is 9.97 Å². The molecule has 7 heteroatoms. The van der Waals surface area contributed by atoms with E-state index in [0.29, 0.717) is 23.8 Å². The number of methoxy groups -OCH3 is 1. The summed E-state index contributed by atoms with van der Waals surface area (Å²) in [6.45, 7) is 5.53. The smallest absolute Gasteiger partial charge is 0.256 e. The molecule has 0 aliphatic carbocycles. The maximum absolute atomic E-state index is 12.5. The van der Waals surface area contributed by atoms with Crippen LogP contribution in [0.15, 0.2) is 30.5 Å². The Bertz CT molecular complexity index is 745. The first-order valence-corrected chi connectivity index (χ1v) is 8.23. The van der Waals surface area contributed by atoms with Crippen molar-refractivity contribution in [3.63, 3.8) is 0 Å². The number of morpholine rings is 1. The van der Waals surface area contributed by atoms with Crippen LogP contribution < -0.4 is 10.2 Å². The third-order valence-electron chi connectivity index (χ3n) is 4.03. The molecule has 3 rings (SSSR count). The predicted octanol–water partition coefficient (Wildman–Crippen LogP) is 2.02. The van der Waals surface area contributed by atoms with E-state index in [-0.39, 0.29) is 5.91 Å². The van der Waals surface area contributed by atoms with Crippen molar-refractivity contribution in [2.45, 2.75) is 13.5 Å². The van der Waals surface area contributed by atoms with Crippen LogP contribution in [-0.4, -0.2) is 49.3 Å². The monoisotopic (exact) mass is 342 g/mol. The largest absolute Gasteiger partial charge is 0.378 e. The Morgan fingerprint density at radius 3 is 2.84 bits per heavy atom. The Hall–Kier alpha value is -2.51. The van der Waals surface area contributed by atoms with Gasteiger partial charge in [-0.05, 0) is 36.8 Å². The van der Waals surface area contributed by atoms with E-state index in [1.54, 1.807) is 19.4 Å². The number of aryl methyl sites for hydroxylation is 1. The number of hydrogen-bond acceptors (Lipinski definition) is 6. The highest BCUT2D eigenvalue weighted by molar-refractivity contribution is 6.04. The molecular formula is C18H22N4O3. The minimum absolute atomic E-state index is 0.196. The summed E-state index contributed by atoms with van der Waals surface area (Å²) < 4.78 is 10.4. The summed E-state index contributed by atoms with van der Waals surface area (Å²) >= 11 is 0. The molecule has 1 amide bonds. The van der Waals surface area contributed by atoms with E-state index in [1.165, 1.54) is 0 Å². The molecule has 1 aliphatic rings. The number of hydrogen-bond donors (Lipinski definition) is 1. The topological polar surface area (TPSA) is 76.6 Å². The summed E-state index contributed by atoms with van der Waals surface area (Å²) in [6, 6.07) is 7.39. The van der Waals surface area contributed by atoms with Gasteiger partial charge in [-0.2, -0.15) is 0 Å². The van der Waals surface area contributed by atoms with Crippen molar-refractivity contribution in [3.8, 4) is 0 Å². The molecule has 0 bridgehead atoms. The van der Waals surface area contributed by atoms with Crippen LogP contribution in [0.5, 0.6) is 0 Å². The number of benzene rings is 1. The molecule has 132 valence electrons. The number of carbonyl (C=O) groups excluding carboxylic acids is 1. The second kappa shape index (κ2) is 8.04. The van der Waals surface area contributed by atoms with Gasteiger partial charge in [0.05, 0.1) is 13.2 Å². The fourth-order valence-corrected chi connectivity index (χ4v) is 2.81. The third kappa shape index (κ3) is 4.32. The molecule has 1 fully saturated rings. The first-order chi connectivity index (χ1) is 12.2. The molecular weight excluding hydrogens is 320 g/mol. The number of amides is 1. The second-order valence-corrected chi connectivity index (χ2v) is 5.85. The van der Waals surface area contributed by atoms with Gasteiger partial charge in [-0.15, -0.1) is 0 Å². The maximum Gasteiger partial charge on any atom is 0.256 e. The van der Waals surface area contributed by atoms with Gasteiger partial charge in [-0.25, -0.2) is 9.97 Å². The minimum atomic E-state index is -0.196. The standard InChI is InChI=1S/C18H22N4O3/c1-13-11-14(3-4-15(13)22-7-9-25-10-8-22)18(23)21-16-5-6-19-17(20-16)12-24-2/h3-6,11H,7-10,12H2,1-2H3,(H,19,20,21,23). The summed E-state index contributed by atoms with van der Waals surface area (Å²) in [5.41, 5.74) is 2.81. The quantitative estimate of drug-likeness (QED) is 0.896. The molecule has 2 aromatic rings. The molecule has 25 heavy (non-hydrogen) atoms. The number of carbonyl (C=O) groups is 1. The number of aromatic nitrogens is 2. The Morgan fingerprint density at radius 1 is 1.32 bits per heavy atom. The van der Waals surface area contributed by atoms with Gasteiger partial charge in [-0.1, -0.05) is 0 Å². The lowest BCUT2D eigenvalue weighted by Gasteiger charge is -2.30. The Morgan fingerprint density at radius 2 is 2.12 bits per heavy atom. The number of anilines is 2. The molecule has 1 aliphatic heterocycles. The van der Waals surface area contributed by atoms with E-state index in [2.05, 4.69) is 20.2 Å². The molecule has 0 atom stereocenters. The number of nitrogens with zero attached hydrogens (tertiary/aromatic N) is 3. The fraction of sp³-hybridized carbons (Fsp3) is 0.389. The predicted molar refractivity (Wildman–Crippen MR) is 94.9 cm³/mol.